The van der Waals surface area contributed by atoms with E-state index in [0.29, 0.717) is 6.42 Å². The zero-order valence-corrected chi connectivity index (χ0v) is 22.1. The van der Waals surface area contributed by atoms with Crippen LogP contribution in [-0.2, 0) is 27.3 Å². The maximum Gasteiger partial charge on any atom is 0.450 e. The van der Waals surface area contributed by atoms with Crippen LogP contribution in [0.15, 0.2) is 47.2 Å². The molecule has 0 aliphatic carbocycles. The lowest BCUT2D eigenvalue weighted by Gasteiger charge is -2.33. The number of rotatable bonds is 13. The summed E-state index contributed by atoms with van der Waals surface area (Å²) >= 11 is 2.36. The Balaban J connectivity index is 1.47. The normalized spacial score (nSPS) is 15.8. The molecule has 1 atom stereocenters. The van der Waals surface area contributed by atoms with Gasteiger partial charge in [-0.05, 0) is 59.4 Å². The van der Waals surface area contributed by atoms with Crippen LogP contribution < -0.4 is 10.6 Å². The number of piperidine rings is 1. The SMILES string of the molecule is O=C(Cc1ccsc1)N[C@@H](CCCSCC(=O)C(F)(F)F)C(=O)NC1CCN(Cc2ccccc2)CC1. The largest absolute Gasteiger partial charge is 0.450 e. The van der Waals surface area contributed by atoms with Gasteiger partial charge in [0.2, 0.25) is 17.6 Å². The standard InChI is InChI=1S/C26H32F3N3O3S2/c27-26(28,29)23(33)18-36-13-4-7-22(31-24(34)15-20-10-14-37-17-20)25(35)30-21-8-11-32(12-9-21)16-19-5-2-1-3-6-19/h1-3,5-6,10,14,17,21-22H,4,7-9,11-13,15-16,18H2,(H,30,35)(H,31,34)/t22-/m0/s1. The van der Waals surface area contributed by atoms with E-state index in [-0.39, 0.29) is 36.5 Å². The Morgan fingerprint density at radius 1 is 1.08 bits per heavy atom. The minimum absolute atomic E-state index is 0.00502. The molecule has 0 saturated carbocycles. The number of thiophene rings is 1. The molecule has 2 aromatic rings. The number of nitrogens with zero attached hydrogens (tertiary/aromatic N) is 1. The van der Waals surface area contributed by atoms with E-state index in [4.69, 9.17) is 0 Å². The van der Waals surface area contributed by atoms with E-state index < -0.39 is 23.8 Å². The summed E-state index contributed by atoms with van der Waals surface area (Å²) in [4.78, 5) is 39.0. The van der Waals surface area contributed by atoms with E-state index in [0.717, 1.165) is 49.8 Å². The average Bonchev–Trinajstić information content (AvgIpc) is 3.37. The number of amides is 2. The highest BCUT2D eigenvalue weighted by molar-refractivity contribution is 7.99. The molecule has 0 radical (unpaired) electrons. The van der Waals surface area contributed by atoms with Gasteiger partial charge in [0.15, 0.2) is 0 Å². The highest BCUT2D eigenvalue weighted by Gasteiger charge is 2.37. The van der Waals surface area contributed by atoms with Gasteiger partial charge >= 0.3 is 6.18 Å². The molecule has 37 heavy (non-hydrogen) atoms. The van der Waals surface area contributed by atoms with Gasteiger partial charge in [-0.25, -0.2) is 0 Å². The third-order valence-corrected chi connectivity index (χ3v) is 7.89. The smallest absolute Gasteiger partial charge is 0.351 e. The second kappa shape index (κ2) is 14.5. The number of nitrogens with one attached hydrogen (secondary N) is 2. The maximum atomic E-state index is 13.1. The van der Waals surface area contributed by atoms with Crippen molar-refractivity contribution in [3.63, 3.8) is 0 Å². The number of ketones is 1. The molecule has 1 aromatic heterocycles. The summed E-state index contributed by atoms with van der Waals surface area (Å²) in [6, 6.07) is 11.3. The summed E-state index contributed by atoms with van der Waals surface area (Å²) < 4.78 is 37.1. The first-order valence-corrected chi connectivity index (χ1v) is 14.4. The first-order valence-electron chi connectivity index (χ1n) is 12.3. The van der Waals surface area contributed by atoms with E-state index in [9.17, 15) is 27.6 Å². The van der Waals surface area contributed by atoms with Crippen LogP contribution in [0.25, 0.3) is 0 Å². The van der Waals surface area contributed by atoms with Crippen molar-refractivity contribution in [1.82, 2.24) is 15.5 Å². The number of halogens is 3. The fourth-order valence-corrected chi connectivity index (χ4v) is 5.64. The molecule has 2 heterocycles. The summed E-state index contributed by atoms with van der Waals surface area (Å²) in [7, 11) is 0. The van der Waals surface area contributed by atoms with Crippen molar-refractivity contribution in [1.29, 1.82) is 0 Å². The van der Waals surface area contributed by atoms with E-state index in [1.54, 1.807) is 0 Å². The van der Waals surface area contributed by atoms with Crippen molar-refractivity contribution < 1.29 is 27.6 Å². The molecule has 0 spiro atoms. The Morgan fingerprint density at radius 2 is 1.81 bits per heavy atom. The topological polar surface area (TPSA) is 78.5 Å². The van der Waals surface area contributed by atoms with Crippen LogP contribution >= 0.6 is 23.1 Å². The summed E-state index contributed by atoms with van der Waals surface area (Å²) in [6.07, 6.45) is -2.42. The Labute approximate surface area is 223 Å². The number of hydrogen-bond donors (Lipinski definition) is 2. The maximum absolute atomic E-state index is 13.1. The van der Waals surface area contributed by atoms with Crippen LogP contribution in [0.2, 0.25) is 0 Å². The van der Waals surface area contributed by atoms with Crippen LogP contribution in [0.4, 0.5) is 13.2 Å². The van der Waals surface area contributed by atoms with Crippen LogP contribution in [0.3, 0.4) is 0 Å². The number of alkyl halides is 3. The van der Waals surface area contributed by atoms with Gasteiger partial charge in [0, 0.05) is 25.7 Å². The van der Waals surface area contributed by atoms with Gasteiger partial charge in [-0.1, -0.05) is 30.3 Å². The van der Waals surface area contributed by atoms with Crippen molar-refractivity contribution >= 4 is 40.7 Å². The van der Waals surface area contributed by atoms with Crippen molar-refractivity contribution in [2.45, 2.75) is 56.9 Å². The molecule has 11 heteroatoms. The van der Waals surface area contributed by atoms with Gasteiger partial charge in [0.1, 0.15) is 6.04 Å². The highest BCUT2D eigenvalue weighted by Crippen LogP contribution is 2.20. The summed E-state index contributed by atoms with van der Waals surface area (Å²) in [5.74, 6) is -2.70. The third kappa shape index (κ3) is 10.5. The van der Waals surface area contributed by atoms with Crippen LogP contribution in [0.5, 0.6) is 0 Å². The van der Waals surface area contributed by atoms with E-state index in [1.807, 2.05) is 35.0 Å². The molecule has 1 aliphatic rings. The summed E-state index contributed by atoms with van der Waals surface area (Å²) in [5.41, 5.74) is 2.10. The molecule has 202 valence electrons. The van der Waals surface area contributed by atoms with E-state index in [1.165, 1.54) is 16.9 Å². The summed E-state index contributed by atoms with van der Waals surface area (Å²) in [6.45, 7) is 2.55. The second-order valence-corrected chi connectivity index (χ2v) is 11.0. The van der Waals surface area contributed by atoms with Crippen LogP contribution in [-0.4, -0.2) is 65.4 Å². The predicted molar refractivity (Wildman–Crippen MR) is 140 cm³/mol. The molecule has 3 rings (SSSR count). The predicted octanol–water partition coefficient (Wildman–Crippen LogP) is 4.20. The third-order valence-electron chi connectivity index (χ3n) is 6.11. The van der Waals surface area contributed by atoms with Crippen molar-refractivity contribution in [3.8, 4) is 0 Å². The zero-order valence-electron chi connectivity index (χ0n) is 20.5. The van der Waals surface area contributed by atoms with Crippen LogP contribution in [0.1, 0.15) is 36.8 Å². The minimum Gasteiger partial charge on any atom is -0.351 e. The molecule has 0 unspecified atom stereocenters. The number of thioether (sulfide) groups is 1. The lowest BCUT2D eigenvalue weighted by molar-refractivity contribution is -0.167. The second-order valence-electron chi connectivity index (χ2n) is 9.09. The molecular formula is C26H32F3N3O3S2. The van der Waals surface area contributed by atoms with Crippen molar-refractivity contribution in [3.05, 3.63) is 58.3 Å². The average molecular weight is 556 g/mol. The Morgan fingerprint density at radius 3 is 2.46 bits per heavy atom. The lowest BCUT2D eigenvalue weighted by atomic mass is 10.0. The van der Waals surface area contributed by atoms with Gasteiger partial charge < -0.3 is 10.6 Å². The van der Waals surface area contributed by atoms with Gasteiger partial charge in [0.25, 0.3) is 0 Å². The molecule has 1 aliphatic heterocycles. The minimum atomic E-state index is -4.83. The van der Waals surface area contributed by atoms with Gasteiger partial charge in [-0.3, -0.25) is 19.3 Å². The van der Waals surface area contributed by atoms with E-state index in [2.05, 4.69) is 27.7 Å². The monoisotopic (exact) mass is 555 g/mol. The first kappa shape index (κ1) is 29.2. The van der Waals surface area contributed by atoms with Gasteiger partial charge in [0.05, 0.1) is 12.2 Å². The molecule has 6 nitrogen and oxygen atoms in total. The van der Waals surface area contributed by atoms with E-state index >= 15 is 0 Å². The molecule has 1 aromatic carbocycles. The number of carbonyl (C=O) groups is 3. The molecular weight excluding hydrogens is 523 g/mol. The number of carbonyl (C=O) groups excluding carboxylic acids is 3. The summed E-state index contributed by atoms with van der Waals surface area (Å²) in [5, 5.41) is 9.59. The van der Waals surface area contributed by atoms with Crippen molar-refractivity contribution in [2.24, 2.45) is 0 Å². The molecule has 1 saturated heterocycles. The number of likely N-dealkylation sites (tertiary alicyclic amines) is 1. The Bertz CT molecular complexity index is 995. The highest BCUT2D eigenvalue weighted by atomic mass is 32.2. The van der Waals surface area contributed by atoms with Gasteiger partial charge in [-0.15, -0.1) is 0 Å². The van der Waals surface area contributed by atoms with Gasteiger partial charge in [-0.2, -0.15) is 36.3 Å². The zero-order chi connectivity index (χ0) is 26.7. The van der Waals surface area contributed by atoms with Crippen molar-refractivity contribution in [2.75, 3.05) is 24.6 Å². The molecule has 2 N–H and O–H groups in total. The number of Topliss-reactive ketones (excluding diaryl/α,β-unsaturated/α-hetero) is 1. The molecule has 0 bridgehead atoms. The quantitative estimate of drug-likeness (QED) is 0.363. The van der Waals surface area contributed by atoms with Crippen LogP contribution in [0, 0.1) is 0 Å². The Kier molecular flexibility index (Phi) is 11.5. The lowest BCUT2D eigenvalue weighted by Crippen LogP contribution is -2.52. The fraction of sp³-hybridized carbons (Fsp3) is 0.500. The number of benzene rings is 1. The Hall–Kier alpha value is -2.37. The molecule has 2 amide bonds. The first-order chi connectivity index (χ1) is 17.7. The number of hydrogen-bond acceptors (Lipinski definition) is 6. The fourth-order valence-electron chi connectivity index (χ4n) is 4.11. The molecule has 1 fully saturated rings.